The minimum atomic E-state index is -4.63. The van der Waals surface area contributed by atoms with Gasteiger partial charge in [-0.3, -0.25) is 19.2 Å². The van der Waals surface area contributed by atoms with Crippen molar-refractivity contribution in [1.29, 1.82) is 5.26 Å². The fourth-order valence-corrected chi connectivity index (χ4v) is 10.6. The van der Waals surface area contributed by atoms with Crippen LogP contribution >= 0.6 is 0 Å². The highest BCUT2D eigenvalue weighted by atomic mass is 19.4. The van der Waals surface area contributed by atoms with Gasteiger partial charge >= 0.3 is 6.18 Å². The number of alkyl halides is 3. The Morgan fingerprint density at radius 2 is 1.62 bits per heavy atom. The molecule has 1 aliphatic carbocycles. The summed E-state index contributed by atoms with van der Waals surface area (Å²) in [5.74, 6) is 0.198. The van der Waals surface area contributed by atoms with Gasteiger partial charge in [-0.25, -0.2) is 4.98 Å². The van der Waals surface area contributed by atoms with Crippen LogP contribution in [0.15, 0.2) is 59.4 Å². The van der Waals surface area contributed by atoms with Gasteiger partial charge in [0.25, 0.3) is 5.91 Å². The van der Waals surface area contributed by atoms with Crippen LogP contribution in [0.3, 0.4) is 0 Å². The zero-order chi connectivity index (χ0) is 47.2. The predicted octanol–water partition coefficient (Wildman–Crippen LogP) is 5.95. The number of anilines is 3. The quantitative estimate of drug-likeness (QED) is 0.216. The number of carbonyl (C=O) groups is 5. The molecule has 0 radical (unpaired) electrons. The number of nitrogens with one attached hydrogen (secondary N) is 2. The van der Waals surface area contributed by atoms with E-state index in [4.69, 9.17) is 5.26 Å². The molecule has 0 saturated carbocycles. The maximum atomic E-state index is 13.6. The molecule has 2 aromatic rings. The lowest BCUT2D eigenvalue weighted by atomic mass is 9.71. The highest BCUT2D eigenvalue weighted by Crippen LogP contribution is 2.43. The predicted molar refractivity (Wildman–Crippen MR) is 244 cm³/mol. The monoisotopic (exact) mass is 913 g/mol. The number of hydrogen-bond donors (Lipinski definition) is 2. The summed E-state index contributed by atoms with van der Waals surface area (Å²) in [6.07, 6.45) is 8.04. The molecule has 4 saturated heterocycles. The van der Waals surface area contributed by atoms with Crippen LogP contribution in [-0.4, -0.2) is 129 Å². The number of carbonyl (C=O) groups excluding carboxylic acids is 5. The van der Waals surface area contributed by atoms with Gasteiger partial charge in [0.15, 0.2) is 6.29 Å². The molecular weight excluding hydrogens is 852 g/mol. The van der Waals surface area contributed by atoms with Gasteiger partial charge in [0, 0.05) is 102 Å². The maximum Gasteiger partial charge on any atom is 0.417 e. The van der Waals surface area contributed by atoms with Crippen LogP contribution < -0.4 is 20.4 Å². The molecular formula is C49H62F3N9O5. The second-order valence-corrected chi connectivity index (χ2v) is 19.2. The number of rotatable bonds is 14. The standard InChI is InChI=1S/C49H62F3N9O5/c1-47(15-21-60(22-16-47)38-10-9-35(28-53)41(27-38)49(50,51)52)46(66)56-43-12-11-39(29-55-43)59-19-13-34(14-20-59)30-58-32-48(33-58)17-23-61(24-18-48)37-6-4-7-40(36(26-37)31-63)45(65)57(3)42(8-5-25-62)44(64)54-2/h9-12,25-27,29,31,34,42H,4-8,13-24,30,32-33H2,1-3H3,(H,54,64)(H,55,56,66). The Hall–Kier alpha value is -5.76. The van der Waals surface area contributed by atoms with Crippen LogP contribution in [0.2, 0.25) is 0 Å². The summed E-state index contributed by atoms with van der Waals surface area (Å²) < 4.78 is 40.7. The first-order valence-corrected chi connectivity index (χ1v) is 23.3. The number of amides is 3. The fourth-order valence-electron chi connectivity index (χ4n) is 10.6. The van der Waals surface area contributed by atoms with Crippen molar-refractivity contribution in [2.75, 3.05) is 88.1 Å². The molecule has 1 unspecified atom stereocenters. The van der Waals surface area contributed by atoms with Gasteiger partial charge in [-0.1, -0.05) is 6.92 Å². The molecule has 1 aromatic heterocycles. The number of likely N-dealkylation sites (N-methyl/N-ethyl adjacent to an activating group) is 2. The van der Waals surface area contributed by atoms with Crippen LogP contribution in [-0.2, 0) is 30.1 Å². The molecule has 1 atom stereocenters. The van der Waals surface area contributed by atoms with Crippen molar-refractivity contribution >= 4 is 47.5 Å². The van der Waals surface area contributed by atoms with Gasteiger partial charge in [-0.05, 0) is 112 Å². The van der Waals surface area contributed by atoms with Gasteiger partial charge in [0.1, 0.15) is 18.1 Å². The summed E-state index contributed by atoms with van der Waals surface area (Å²) in [6, 6.07) is 8.38. The van der Waals surface area contributed by atoms with Gasteiger partial charge in [0.2, 0.25) is 11.8 Å². The lowest BCUT2D eigenvalue weighted by Crippen LogP contribution is -2.61. The molecule has 1 aromatic carbocycles. The van der Waals surface area contributed by atoms with Crippen molar-refractivity contribution in [3.63, 3.8) is 0 Å². The molecule has 7 rings (SSSR count). The van der Waals surface area contributed by atoms with Crippen LogP contribution in [0.25, 0.3) is 0 Å². The summed E-state index contributed by atoms with van der Waals surface area (Å²) in [6.45, 7) is 9.61. The number of halogens is 3. The van der Waals surface area contributed by atoms with Crippen molar-refractivity contribution in [1.82, 2.24) is 25.0 Å². The Labute approximate surface area is 385 Å². The Kier molecular flexibility index (Phi) is 14.9. The molecule has 66 heavy (non-hydrogen) atoms. The van der Waals surface area contributed by atoms with Gasteiger partial charge in [-0.2, -0.15) is 18.4 Å². The van der Waals surface area contributed by atoms with Gasteiger partial charge in [0.05, 0.1) is 34.5 Å². The van der Waals surface area contributed by atoms with E-state index in [2.05, 4.69) is 30.3 Å². The third-order valence-corrected chi connectivity index (χ3v) is 14.9. The first kappa shape index (κ1) is 48.2. The number of hydrogen-bond acceptors (Lipinski definition) is 11. The van der Waals surface area contributed by atoms with E-state index < -0.39 is 28.8 Å². The third-order valence-electron chi connectivity index (χ3n) is 14.9. The molecule has 2 N–H and O–H groups in total. The Balaban J connectivity index is 0.832. The van der Waals surface area contributed by atoms with E-state index in [0.717, 1.165) is 114 Å². The molecule has 1 spiro atoms. The number of likely N-dealkylation sites (tertiary alicyclic amines) is 2. The minimum Gasteiger partial charge on any atom is -0.375 e. The Morgan fingerprint density at radius 1 is 0.955 bits per heavy atom. The number of aldehydes is 2. The van der Waals surface area contributed by atoms with E-state index in [0.29, 0.717) is 66.3 Å². The first-order valence-electron chi connectivity index (χ1n) is 23.3. The second kappa shape index (κ2) is 20.4. The molecule has 14 nitrogen and oxygen atoms in total. The SMILES string of the molecule is CNC(=O)C(CCC=O)N(C)C(=O)C1=C(C=O)C=C(N2CCC3(CC2)CN(CC2CCN(c4ccc(NC(=O)C5(C)CCN(c6ccc(C#N)c(C(F)(F)F)c6)CC5)nc4)CC2)C3)CCC1. The topological polar surface area (TPSA) is 162 Å². The van der Waals surface area contributed by atoms with Crippen molar-refractivity contribution < 1.29 is 37.1 Å². The summed E-state index contributed by atoms with van der Waals surface area (Å²) in [7, 11) is 3.06. The molecule has 354 valence electrons. The largest absolute Gasteiger partial charge is 0.417 e. The zero-order valence-electron chi connectivity index (χ0n) is 38.3. The average Bonchev–Trinajstić information content (AvgIpc) is 3.54. The summed E-state index contributed by atoms with van der Waals surface area (Å²) in [5, 5.41) is 14.7. The van der Waals surface area contributed by atoms with E-state index in [-0.39, 0.29) is 30.6 Å². The van der Waals surface area contributed by atoms with Crippen molar-refractivity contribution in [3.05, 3.63) is 70.6 Å². The number of allylic oxidation sites excluding steroid dienone is 3. The first-order chi connectivity index (χ1) is 31.6. The molecule has 5 heterocycles. The Morgan fingerprint density at radius 3 is 2.23 bits per heavy atom. The van der Waals surface area contributed by atoms with Crippen molar-refractivity contribution in [3.8, 4) is 6.07 Å². The molecule has 0 bridgehead atoms. The number of nitriles is 1. The van der Waals surface area contributed by atoms with E-state index >= 15 is 0 Å². The number of pyridine rings is 1. The number of benzene rings is 1. The molecule has 4 fully saturated rings. The average molecular weight is 914 g/mol. The summed E-state index contributed by atoms with van der Waals surface area (Å²) in [4.78, 5) is 78.1. The minimum absolute atomic E-state index is 0.149. The summed E-state index contributed by atoms with van der Waals surface area (Å²) >= 11 is 0. The van der Waals surface area contributed by atoms with Crippen molar-refractivity contribution in [2.24, 2.45) is 16.7 Å². The van der Waals surface area contributed by atoms with Crippen LogP contribution in [0, 0.1) is 28.1 Å². The van der Waals surface area contributed by atoms with Gasteiger partial charge in [-0.15, -0.1) is 0 Å². The van der Waals surface area contributed by atoms with E-state index in [1.807, 2.05) is 30.0 Å². The van der Waals surface area contributed by atoms with E-state index in [1.165, 1.54) is 24.1 Å². The van der Waals surface area contributed by atoms with Crippen LogP contribution in [0.5, 0.6) is 0 Å². The highest BCUT2D eigenvalue weighted by Gasteiger charge is 2.46. The Bertz CT molecular complexity index is 2220. The molecule has 5 aliphatic rings. The lowest BCUT2D eigenvalue weighted by molar-refractivity contribution is -0.137. The van der Waals surface area contributed by atoms with Crippen molar-refractivity contribution in [2.45, 2.75) is 89.8 Å². The number of piperidine rings is 3. The number of nitrogens with zero attached hydrogens (tertiary/aromatic N) is 7. The lowest BCUT2D eigenvalue weighted by Gasteiger charge is -2.55. The second-order valence-electron chi connectivity index (χ2n) is 19.2. The molecule has 3 amide bonds. The van der Waals surface area contributed by atoms with E-state index in [1.54, 1.807) is 19.3 Å². The van der Waals surface area contributed by atoms with Crippen LogP contribution in [0.1, 0.15) is 88.7 Å². The summed E-state index contributed by atoms with van der Waals surface area (Å²) in [5.41, 5.74) is 1.48. The van der Waals surface area contributed by atoms with E-state index in [9.17, 15) is 37.1 Å². The fraction of sp³-hybridized carbons (Fsp3) is 0.571. The maximum absolute atomic E-state index is 13.6. The third kappa shape index (κ3) is 10.7. The number of aromatic nitrogens is 1. The molecule has 4 aliphatic heterocycles. The van der Waals surface area contributed by atoms with Gasteiger partial charge < -0.3 is 39.9 Å². The molecule has 17 heteroatoms. The van der Waals surface area contributed by atoms with Crippen LogP contribution in [0.4, 0.5) is 30.4 Å². The zero-order valence-corrected chi connectivity index (χ0v) is 38.3. The normalized spacial score (nSPS) is 20.6. The smallest absolute Gasteiger partial charge is 0.375 e. The highest BCUT2D eigenvalue weighted by molar-refractivity contribution is 6.02.